The van der Waals surface area contributed by atoms with Gasteiger partial charge in [-0.15, -0.1) is 0 Å². The van der Waals surface area contributed by atoms with Crippen LogP contribution in [0.4, 0.5) is 5.69 Å². The highest BCUT2D eigenvalue weighted by molar-refractivity contribution is 6.31. The zero-order valence-corrected chi connectivity index (χ0v) is 11.8. The van der Waals surface area contributed by atoms with Gasteiger partial charge in [0.15, 0.2) is 5.78 Å². The van der Waals surface area contributed by atoms with Crippen molar-refractivity contribution in [2.24, 2.45) is 0 Å². The van der Waals surface area contributed by atoms with Crippen molar-refractivity contribution < 1.29 is 4.79 Å². The van der Waals surface area contributed by atoms with Crippen LogP contribution in [-0.2, 0) is 0 Å². The number of rotatable bonds is 4. The average molecular weight is 274 g/mol. The van der Waals surface area contributed by atoms with E-state index in [1.54, 1.807) is 24.3 Å². The molecule has 0 unspecified atom stereocenters. The van der Waals surface area contributed by atoms with Crippen molar-refractivity contribution in [3.63, 3.8) is 0 Å². The Morgan fingerprint density at radius 2 is 1.84 bits per heavy atom. The second-order valence-electron chi connectivity index (χ2n) is 4.63. The highest BCUT2D eigenvalue weighted by atomic mass is 35.5. The molecule has 2 aromatic carbocycles. The summed E-state index contributed by atoms with van der Waals surface area (Å²) in [6.07, 6.45) is 0. The van der Waals surface area contributed by atoms with E-state index in [1.807, 2.05) is 43.1 Å². The van der Waals surface area contributed by atoms with Crippen LogP contribution in [0, 0.1) is 6.92 Å². The van der Waals surface area contributed by atoms with Gasteiger partial charge in [-0.25, -0.2) is 0 Å². The van der Waals surface area contributed by atoms with Crippen molar-refractivity contribution in [3.8, 4) is 0 Å². The molecule has 0 aromatic heterocycles. The van der Waals surface area contributed by atoms with Gasteiger partial charge in [0.1, 0.15) is 0 Å². The Morgan fingerprint density at radius 1 is 1.16 bits per heavy atom. The zero-order valence-electron chi connectivity index (χ0n) is 11.1. The molecule has 0 heterocycles. The first-order valence-corrected chi connectivity index (χ1v) is 6.50. The lowest BCUT2D eigenvalue weighted by Gasteiger charge is -2.18. The Kier molecular flexibility index (Phi) is 4.23. The number of ketones is 1. The lowest BCUT2D eigenvalue weighted by Crippen LogP contribution is -2.25. The minimum absolute atomic E-state index is 0.0607. The molecule has 0 bridgehead atoms. The van der Waals surface area contributed by atoms with E-state index in [4.69, 9.17) is 11.6 Å². The number of hydrogen-bond donors (Lipinski definition) is 0. The predicted octanol–water partition coefficient (Wildman–Crippen LogP) is 3.97. The van der Waals surface area contributed by atoms with E-state index in [-0.39, 0.29) is 5.78 Å². The minimum Gasteiger partial charge on any atom is -0.367 e. The third-order valence-corrected chi connectivity index (χ3v) is 3.24. The maximum Gasteiger partial charge on any atom is 0.182 e. The van der Waals surface area contributed by atoms with Crippen LogP contribution in [0.15, 0.2) is 48.5 Å². The molecule has 0 aliphatic carbocycles. The van der Waals surface area contributed by atoms with Crippen LogP contribution in [0.25, 0.3) is 0 Å². The van der Waals surface area contributed by atoms with E-state index >= 15 is 0 Å². The van der Waals surface area contributed by atoms with Crippen molar-refractivity contribution in [3.05, 3.63) is 64.7 Å². The van der Waals surface area contributed by atoms with Crippen LogP contribution in [0.5, 0.6) is 0 Å². The van der Waals surface area contributed by atoms with Crippen LogP contribution in [0.3, 0.4) is 0 Å². The van der Waals surface area contributed by atoms with Crippen molar-refractivity contribution >= 4 is 23.1 Å². The van der Waals surface area contributed by atoms with Gasteiger partial charge in [-0.2, -0.15) is 0 Å². The fourth-order valence-corrected chi connectivity index (χ4v) is 2.05. The Bertz CT molecular complexity index is 578. The SMILES string of the molecule is Cc1ccc(N(C)CC(=O)c2cccc(Cl)c2)cc1. The van der Waals surface area contributed by atoms with Crippen LogP contribution in [-0.4, -0.2) is 19.4 Å². The van der Waals surface area contributed by atoms with Crippen LogP contribution in [0.1, 0.15) is 15.9 Å². The summed E-state index contributed by atoms with van der Waals surface area (Å²) >= 11 is 5.89. The van der Waals surface area contributed by atoms with Gasteiger partial charge in [-0.3, -0.25) is 4.79 Å². The molecular formula is C16H16ClNO. The molecule has 3 heteroatoms. The number of hydrogen-bond acceptors (Lipinski definition) is 2. The molecule has 0 saturated carbocycles. The van der Waals surface area contributed by atoms with E-state index in [0.717, 1.165) is 5.69 Å². The molecule has 2 rings (SSSR count). The molecule has 19 heavy (non-hydrogen) atoms. The Morgan fingerprint density at radius 3 is 2.47 bits per heavy atom. The quantitative estimate of drug-likeness (QED) is 0.786. The molecule has 98 valence electrons. The summed E-state index contributed by atoms with van der Waals surface area (Å²) in [5.41, 5.74) is 2.88. The predicted molar refractivity (Wildman–Crippen MR) is 80.2 cm³/mol. The molecular weight excluding hydrogens is 258 g/mol. The number of anilines is 1. The van der Waals surface area contributed by atoms with Gasteiger partial charge in [0, 0.05) is 23.3 Å². The van der Waals surface area contributed by atoms with Gasteiger partial charge < -0.3 is 4.90 Å². The van der Waals surface area contributed by atoms with Gasteiger partial charge >= 0.3 is 0 Å². The lowest BCUT2D eigenvalue weighted by molar-refractivity contribution is 0.100. The summed E-state index contributed by atoms with van der Waals surface area (Å²) < 4.78 is 0. The third kappa shape index (κ3) is 3.58. The van der Waals surface area contributed by atoms with E-state index in [1.165, 1.54) is 5.56 Å². The first kappa shape index (κ1) is 13.6. The fraction of sp³-hybridized carbons (Fsp3) is 0.188. The molecule has 0 radical (unpaired) electrons. The second kappa shape index (κ2) is 5.89. The maximum absolute atomic E-state index is 12.1. The summed E-state index contributed by atoms with van der Waals surface area (Å²) in [6.45, 7) is 2.38. The molecule has 0 aliphatic rings. The summed E-state index contributed by atoms with van der Waals surface area (Å²) in [6, 6.07) is 15.2. The topological polar surface area (TPSA) is 20.3 Å². The number of carbonyl (C=O) groups excluding carboxylic acids is 1. The van der Waals surface area contributed by atoms with E-state index in [0.29, 0.717) is 17.1 Å². The molecule has 2 aromatic rings. The molecule has 0 atom stereocenters. The highest BCUT2D eigenvalue weighted by Crippen LogP contribution is 2.15. The first-order valence-electron chi connectivity index (χ1n) is 6.13. The van der Waals surface area contributed by atoms with Crippen LogP contribution < -0.4 is 4.90 Å². The number of aryl methyl sites for hydroxylation is 1. The largest absolute Gasteiger partial charge is 0.367 e. The molecule has 0 aliphatic heterocycles. The van der Waals surface area contributed by atoms with Gasteiger partial charge in [0.05, 0.1) is 6.54 Å². The van der Waals surface area contributed by atoms with E-state index in [2.05, 4.69) is 0 Å². The van der Waals surface area contributed by atoms with Gasteiger partial charge in [0.25, 0.3) is 0 Å². The minimum atomic E-state index is 0.0607. The Hall–Kier alpha value is -1.80. The summed E-state index contributed by atoms with van der Waals surface area (Å²) in [5.74, 6) is 0.0607. The Labute approximate surface area is 118 Å². The summed E-state index contributed by atoms with van der Waals surface area (Å²) in [7, 11) is 1.91. The maximum atomic E-state index is 12.1. The smallest absolute Gasteiger partial charge is 0.182 e. The van der Waals surface area contributed by atoms with Crippen molar-refractivity contribution in [1.82, 2.24) is 0 Å². The number of Topliss-reactive ketones (excluding diaryl/α,β-unsaturated/α-hetero) is 1. The summed E-state index contributed by atoms with van der Waals surface area (Å²) in [4.78, 5) is 14.1. The van der Waals surface area contributed by atoms with Crippen molar-refractivity contribution in [1.29, 1.82) is 0 Å². The van der Waals surface area contributed by atoms with Crippen LogP contribution in [0.2, 0.25) is 5.02 Å². The standard InChI is InChI=1S/C16H16ClNO/c1-12-6-8-15(9-7-12)18(2)11-16(19)13-4-3-5-14(17)10-13/h3-10H,11H2,1-2H3. The lowest BCUT2D eigenvalue weighted by atomic mass is 10.1. The number of carbonyl (C=O) groups is 1. The van der Waals surface area contributed by atoms with Crippen molar-refractivity contribution in [2.75, 3.05) is 18.5 Å². The highest BCUT2D eigenvalue weighted by Gasteiger charge is 2.10. The second-order valence-corrected chi connectivity index (χ2v) is 5.06. The number of benzene rings is 2. The summed E-state index contributed by atoms with van der Waals surface area (Å²) in [5, 5.41) is 0.587. The van der Waals surface area contributed by atoms with Crippen LogP contribution >= 0.6 is 11.6 Å². The molecule has 2 nitrogen and oxygen atoms in total. The molecule has 0 saturated heterocycles. The first-order chi connectivity index (χ1) is 9.06. The molecule has 0 N–H and O–H groups in total. The van der Waals surface area contributed by atoms with E-state index in [9.17, 15) is 4.79 Å². The normalized spacial score (nSPS) is 10.3. The monoisotopic (exact) mass is 273 g/mol. The number of halogens is 1. The van der Waals surface area contributed by atoms with Gasteiger partial charge in [0.2, 0.25) is 0 Å². The third-order valence-electron chi connectivity index (χ3n) is 3.00. The molecule has 0 spiro atoms. The zero-order chi connectivity index (χ0) is 13.8. The van der Waals surface area contributed by atoms with Gasteiger partial charge in [-0.1, -0.05) is 41.4 Å². The van der Waals surface area contributed by atoms with Gasteiger partial charge in [-0.05, 0) is 31.2 Å². The average Bonchev–Trinajstić information content (AvgIpc) is 2.39. The fourth-order valence-electron chi connectivity index (χ4n) is 1.86. The Balaban J connectivity index is 2.08. The number of nitrogens with zero attached hydrogens (tertiary/aromatic N) is 1. The molecule has 0 amide bonds. The molecule has 0 fully saturated rings. The van der Waals surface area contributed by atoms with Crippen molar-refractivity contribution in [2.45, 2.75) is 6.92 Å². The number of likely N-dealkylation sites (N-methyl/N-ethyl adjacent to an activating group) is 1. The van der Waals surface area contributed by atoms with E-state index < -0.39 is 0 Å².